The van der Waals surface area contributed by atoms with Gasteiger partial charge in [0.2, 0.25) is 0 Å². The van der Waals surface area contributed by atoms with Crippen LogP contribution in [0.3, 0.4) is 0 Å². The van der Waals surface area contributed by atoms with Gasteiger partial charge in [0, 0.05) is 4.88 Å². The lowest BCUT2D eigenvalue weighted by atomic mass is 9.92. The smallest absolute Gasteiger partial charge is 0.00454 e. The average Bonchev–Trinajstić information content (AvgIpc) is 2.84. The third-order valence-electron chi connectivity index (χ3n) is 2.94. The molecular weight excluding hydrogens is 212 g/mol. The first kappa shape index (κ1) is 11.4. The van der Waals surface area contributed by atoms with E-state index in [1.165, 1.54) is 23.3 Å². The zero-order valence-corrected chi connectivity index (χ0v) is 10.2. The Balaban J connectivity index is 1.96. The Morgan fingerprint density at radius 1 is 1.06 bits per heavy atom. The summed E-state index contributed by atoms with van der Waals surface area (Å²) in [4.78, 5) is 1.48. The van der Waals surface area contributed by atoms with Crippen LogP contribution in [0.5, 0.6) is 0 Å². The van der Waals surface area contributed by atoms with E-state index in [1.807, 2.05) is 11.3 Å². The SMILES string of the molecule is [CH2]CC(CCc1cccs1)c1ccccc1. The summed E-state index contributed by atoms with van der Waals surface area (Å²) in [5, 5.41) is 2.15. The maximum absolute atomic E-state index is 4.07. The second kappa shape index (κ2) is 5.86. The lowest BCUT2D eigenvalue weighted by molar-refractivity contribution is 0.634. The molecule has 1 heteroatoms. The van der Waals surface area contributed by atoms with E-state index >= 15 is 0 Å². The van der Waals surface area contributed by atoms with Crippen molar-refractivity contribution in [1.82, 2.24) is 0 Å². The van der Waals surface area contributed by atoms with Crippen molar-refractivity contribution in [2.75, 3.05) is 0 Å². The summed E-state index contributed by atoms with van der Waals surface area (Å²) >= 11 is 1.85. The molecule has 0 nitrogen and oxygen atoms in total. The van der Waals surface area contributed by atoms with E-state index in [1.54, 1.807) is 0 Å². The fourth-order valence-electron chi connectivity index (χ4n) is 1.97. The zero-order valence-electron chi connectivity index (χ0n) is 9.43. The highest BCUT2D eigenvalue weighted by molar-refractivity contribution is 7.09. The van der Waals surface area contributed by atoms with Crippen molar-refractivity contribution < 1.29 is 0 Å². The van der Waals surface area contributed by atoms with Crippen LogP contribution in [-0.4, -0.2) is 0 Å². The standard InChI is InChI=1S/C15H17S/c1-2-13(14-7-4-3-5-8-14)10-11-15-9-6-12-16-15/h3-9,12-13H,1-2,10-11H2. The van der Waals surface area contributed by atoms with E-state index in [-0.39, 0.29) is 0 Å². The van der Waals surface area contributed by atoms with Crippen molar-refractivity contribution in [2.45, 2.75) is 25.2 Å². The van der Waals surface area contributed by atoms with Gasteiger partial charge in [-0.3, -0.25) is 0 Å². The van der Waals surface area contributed by atoms with Gasteiger partial charge in [0.25, 0.3) is 0 Å². The number of hydrogen-bond acceptors (Lipinski definition) is 1. The molecule has 2 rings (SSSR count). The summed E-state index contributed by atoms with van der Waals surface area (Å²) in [5.41, 5.74) is 1.43. The van der Waals surface area contributed by atoms with Crippen molar-refractivity contribution in [3.63, 3.8) is 0 Å². The van der Waals surface area contributed by atoms with Gasteiger partial charge >= 0.3 is 0 Å². The monoisotopic (exact) mass is 229 g/mol. The molecule has 1 aromatic carbocycles. The van der Waals surface area contributed by atoms with Gasteiger partial charge in [0.1, 0.15) is 0 Å². The highest BCUT2D eigenvalue weighted by Crippen LogP contribution is 2.25. The first-order valence-corrected chi connectivity index (χ1v) is 6.64. The predicted molar refractivity (Wildman–Crippen MR) is 71.8 cm³/mol. The summed E-state index contributed by atoms with van der Waals surface area (Å²) < 4.78 is 0. The first-order valence-electron chi connectivity index (χ1n) is 5.76. The van der Waals surface area contributed by atoms with Gasteiger partial charge in [-0.15, -0.1) is 11.3 Å². The van der Waals surface area contributed by atoms with Gasteiger partial charge in [-0.2, -0.15) is 0 Å². The topological polar surface area (TPSA) is 0 Å². The summed E-state index contributed by atoms with van der Waals surface area (Å²) in [6.07, 6.45) is 3.36. The minimum absolute atomic E-state index is 0.600. The molecule has 0 amide bonds. The molecule has 0 fully saturated rings. The fourth-order valence-corrected chi connectivity index (χ4v) is 2.70. The third kappa shape index (κ3) is 2.96. The molecule has 0 spiro atoms. The third-order valence-corrected chi connectivity index (χ3v) is 3.87. The van der Waals surface area contributed by atoms with E-state index < -0.39 is 0 Å². The molecular formula is C15H17S. The van der Waals surface area contributed by atoms with Crippen molar-refractivity contribution in [1.29, 1.82) is 0 Å². The second-order valence-corrected chi connectivity index (χ2v) is 5.05. The summed E-state index contributed by atoms with van der Waals surface area (Å²) in [6, 6.07) is 15.1. The van der Waals surface area contributed by atoms with Gasteiger partial charge in [-0.05, 0) is 42.2 Å². The molecule has 0 N–H and O–H groups in total. The average molecular weight is 229 g/mol. The van der Waals surface area contributed by atoms with Crippen LogP contribution >= 0.6 is 11.3 Å². The van der Waals surface area contributed by atoms with Gasteiger partial charge in [-0.25, -0.2) is 0 Å². The highest BCUT2D eigenvalue weighted by Gasteiger charge is 2.09. The Kier molecular flexibility index (Phi) is 4.17. The number of hydrogen-bond donors (Lipinski definition) is 0. The fraction of sp³-hybridized carbons (Fsp3) is 0.267. The molecule has 1 atom stereocenters. The van der Waals surface area contributed by atoms with Crippen LogP contribution in [0.15, 0.2) is 47.8 Å². The number of rotatable bonds is 5. The van der Waals surface area contributed by atoms with Crippen LogP contribution in [0.2, 0.25) is 0 Å². The Hall–Kier alpha value is -1.08. The molecule has 1 heterocycles. The van der Waals surface area contributed by atoms with Crippen LogP contribution < -0.4 is 0 Å². The Morgan fingerprint density at radius 3 is 2.50 bits per heavy atom. The molecule has 0 saturated heterocycles. The number of aryl methyl sites for hydroxylation is 1. The van der Waals surface area contributed by atoms with Gasteiger partial charge < -0.3 is 0 Å². The predicted octanol–water partition coefficient (Wildman–Crippen LogP) is 4.69. The van der Waals surface area contributed by atoms with Crippen LogP contribution in [0.4, 0.5) is 0 Å². The van der Waals surface area contributed by atoms with Gasteiger partial charge in [0.15, 0.2) is 0 Å². The van der Waals surface area contributed by atoms with Crippen LogP contribution in [0.25, 0.3) is 0 Å². The summed E-state index contributed by atoms with van der Waals surface area (Å²) in [6.45, 7) is 4.07. The maximum Gasteiger partial charge on any atom is 0.00454 e. The van der Waals surface area contributed by atoms with Crippen molar-refractivity contribution in [2.24, 2.45) is 0 Å². The molecule has 0 saturated carbocycles. The summed E-state index contributed by atoms with van der Waals surface area (Å²) in [5.74, 6) is 0.600. The van der Waals surface area contributed by atoms with Crippen molar-refractivity contribution in [3.8, 4) is 0 Å². The molecule has 1 aromatic heterocycles. The quantitative estimate of drug-likeness (QED) is 0.698. The molecule has 0 aliphatic heterocycles. The normalized spacial score (nSPS) is 12.6. The van der Waals surface area contributed by atoms with E-state index in [2.05, 4.69) is 54.8 Å². The van der Waals surface area contributed by atoms with Gasteiger partial charge in [-0.1, -0.05) is 43.3 Å². The van der Waals surface area contributed by atoms with Crippen LogP contribution in [0, 0.1) is 6.92 Å². The van der Waals surface area contributed by atoms with E-state index in [4.69, 9.17) is 0 Å². The molecule has 16 heavy (non-hydrogen) atoms. The maximum atomic E-state index is 4.07. The lowest BCUT2D eigenvalue weighted by Gasteiger charge is -2.14. The van der Waals surface area contributed by atoms with Gasteiger partial charge in [0.05, 0.1) is 0 Å². The number of benzene rings is 1. The van der Waals surface area contributed by atoms with Crippen molar-refractivity contribution >= 4 is 11.3 Å². The van der Waals surface area contributed by atoms with Crippen molar-refractivity contribution in [3.05, 3.63) is 65.2 Å². The molecule has 0 aliphatic carbocycles. The Morgan fingerprint density at radius 2 is 1.88 bits per heavy atom. The van der Waals surface area contributed by atoms with Crippen LogP contribution in [0.1, 0.15) is 29.2 Å². The second-order valence-electron chi connectivity index (χ2n) is 4.01. The molecule has 1 radical (unpaired) electrons. The van der Waals surface area contributed by atoms with Crippen LogP contribution in [-0.2, 0) is 6.42 Å². The van der Waals surface area contributed by atoms with E-state index in [0.717, 1.165) is 6.42 Å². The van der Waals surface area contributed by atoms with E-state index in [0.29, 0.717) is 5.92 Å². The molecule has 2 aromatic rings. The molecule has 1 unspecified atom stereocenters. The van der Waals surface area contributed by atoms with E-state index in [9.17, 15) is 0 Å². The largest absolute Gasteiger partial charge is 0.149 e. The minimum atomic E-state index is 0.600. The number of thiophene rings is 1. The molecule has 83 valence electrons. The lowest BCUT2D eigenvalue weighted by Crippen LogP contribution is -1.98. The summed E-state index contributed by atoms with van der Waals surface area (Å²) in [7, 11) is 0. The minimum Gasteiger partial charge on any atom is -0.149 e. The molecule has 0 bridgehead atoms. The first-order chi connectivity index (χ1) is 7.90. The molecule has 0 aliphatic rings. The Bertz CT molecular complexity index is 389. The highest BCUT2D eigenvalue weighted by atomic mass is 32.1. The zero-order chi connectivity index (χ0) is 11.2. The Labute approximate surface area is 102 Å².